The van der Waals surface area contributed by atoms with Crippen molar-refractivity contribution >= 4 is 33.9 Å². The van der Waals surface area contributed by atoms with Crippen molar-refractivity contribution in [3.05, 3.63) is 35.4 Å². The van der Waals surface area contributed by atoms with Crippen LogP contribution in [0, 0.1) is 12.8 Å². The van der Waals surface area contributed by atoms with Crippen LogP contribution in [0.5, 0.6) is 0 Å². The van der Waals surface area contributed by atoms with Gasteiger partial charge in [-0.15, -0.1) is 0 Å². The number of hydrogen-bond donors (Lipinski definition) is 0. The highest BCUT2D eigenvalue weighted by molar-refractivity contribution is 7.80. The number of pyridine rings is 1. The summed E-state index contributed by atoms with van der Waals surface area (Å²) in [6, 6.07) is 9.03. The molecule has 3 aliphatic rings. The quantitative estimate of drug-likeness (QED) is 0.599. The Morgan fingerprint density at radius 3 is 2.55 bits per heavy atom. The summed E-state index contributed by atoms with van der Waals surface area (Å²) in [5.41, 5.74) is 3.72. The second-order valence-corrected chi connectivity index (χ2v) is 10.7. The van der Waals surface area contributed by atoms with E-state index in [0.717, 1.165) is 74.5 Å². The number of anilines is 1. The highest BCUT2D eigenvalue weighted by Gasteiger charge is 2.27. The zero-order chi connectivity index (χ0) is 22.8. The minimum Gasteiger partial charge on any atom is -0.366 e. The van der Waals surface area contributed by atoms with Gasteiger partial charge in [0.1, 0.15) is 5.82 Å². The first-order valence-corrected chi connectivity index (χ1v) is 13.4. The van der Waals surface area contributed by atoms with E-state index < -0.39 is 0 Å². The molecule has 3 saturated heterocycles. The average molecular weight is 466 g/mol. The van der Waals surface area contributed by atoms with Crippen molar-refractivity contribution in [2.24, 2.45) is 5.92 Å². The van der Waals surface area contributed by atoms with Gasteiger partial charge in [0.25, 0.3) is 0 Å². The van der Waals surface area contributed by atoms with Crippen molar-refractivity contribution in [3.63, 3.8) is 0 Å². The number of aryl methyl sites for hydroxylation is 1. The van der Waals surface area contributed by atoms with Gasteiger partial charge in [-0.2, -0.15) is 0 Å². The molecule has 6 heteroatoms. The summed E-state index contributed by atoms with van der Waals surface area (Å²) >= 11 is 5.90. The van der Waals surface area contributed by atoms with Crippen molar-refractivity contribution in [1.82, 2.24) is 19.7 Å². The molecule has 1 atom stereocenters. The zero-order valence-electron chi connectivity index (χ0n) is 20.4. The van der Waals surface area contributed by atoms with E-state index in [4.69, 9.17) is 17.2 Å². The second-order valence-electron chi connectivity index (χ2n) is 10.2. The van der Waals surface area contributed by atoms with Gasteiger partial charge in [0.2, 0.25) is 0 Å². The van der Waals surface area contributed by atoms with Gasteiger partial charge < -0.3 is 19.6 Å². The third kappa shape index (κ3) is 5.33. The minimum absolute atomic E-state index is 0.779. The van der Waals surface area contributed by atoms with Crippen molar-refractivity contribution in [2.75, 3.05) is 70.3 Å². The molecule has 3 fully saturated rings. The van der Waals surface area contributed by atoms with Gasteiger partial charge in [0, 0.05) is 57.6 Å². The van der Waals surface area contributed by atoms with E-state index in [1.165, 1.54) is 55.4 Å². The van der Waals surface area contributed by atoms with Gasteiger partial charge in [0.05, 0.1) is 10.5 Å². The van der Waals surface area contributed by atoms with E-state index in [2.05, 4.69) is 57.7 Å². The van der Waals surface area contributed by atoms with Gasteiger partial charge in [-0.05, 0) is 81.1 Å². The number of likely N-dealkylation sites (tertiary alicyclic amines) is 2. The maximum Gasteiger partial charge on any atom is 0.129 e. The number of aromatic nitrogens is 1. The average Bonchev–Trinajstić information content (AvgIpc) is 3.52. The molecule has 33 heavy (non-hydrogen) atoms. The fraction of sp³-hybridized carbons (Fsp3) is 0.630. The molecule has 1 aromatic heterocycles. The van der Waals surface area contributed by atoms with E-state index in [-0.39, 0.29) is 0 Å². The lowest BCUT2D eigenvalue weighted by Gasteiger charge is -2.35. The standard InChI is InChI=1S/C27H39N5S/c1-3-29-12-14-31(15-13-29)26-16-21(2)24-17-22(6-7-25(24)28-26)18-27(33)32-11-8-23(20-32)19-30-9-4-5-10-30/h6-7,16-17,23H,3-5,8-15,18-20H2,1-2H3. The van der Waals surface area contributed by atoms with Gasteiger partial charge in [-0.3, -0.25) is 0 Å². The minimum atomic E-state index is 0.779. The van der Waals surface area contributed by atoms with Gasteiger partial charge in [0.15, 0.2) is 0 Å². The second kappa shape index (κ2) is 10.2. The SMILES string of the molecule is CCN1CCN(c2cc(C)c3cc(CC(=S)N4CCC(CN5CCCC5)C4)ccc3n2)CC1. The first-order chi connectivity index (χ1) is 16.1. The number of benzene rings is 1. The first-order valence-electron chi connectivity index (χ1n) is 13.0. The summed E-state index contributed by atoms with van der Waals surface area (Å²) in [5, 5.41) is 1.26. The summed E-state index contributed by atoms with van der Waals surface area (Å²) in [4.78, 5) is 16.2. The zero-order valence-corrected chi connectivity index (χ0v) is 21.2. The smallest absolute Gasteiger partial charge is 0.129 e. The molecule has 0 spiro atoms. The van der Waals surface area contributed by atoms with Crippen LogP contribution in [0.2, 0.25) is 0 Å². The molecule has 0 saturated carbocycles. The molecule has 3 aliphatic heterocycles. The largest absolute Gasteiger partial charge is 0.366 e. The summed E-state index contributed by atoms with van der Waals surface area (Å²) < 4.78 is 0. The maximum atomic E-state index is 5.90. The van der Waals surface area contributed by atoms with Crippen molar-refractivity contribution < 1.29 is 0 Å². The van der Waals surface area contributed by atoms with Crippen LogP contribution in [-0.2, 0) is 6.42 Å². The first kappa shape index (κ1) is 23.0. The predicted octanol–water partition coefficient (Wildman–Crippen LogP) is 3.97. The van der Waals surface area contributed by atoms with E-state index in [9.17, 15) is 0 Å². The van der Waals surface area contributed by atoms with Crippen LogP contribution < -0.4 is 4.90 Å². The lowest BCUT2D eigenvalue weighted by molar-refractivity contribution is 0.270. The van der Waals surface area contributed by atoms with E-state index >= 15 is 0 Å². The molecule has 0 amide bonds. The number of thiocarbonyl (C=S) groups is 1. The van der Waals surface area contributed by atoms with Crippen LogP contribution in [0.25, 0.3) is 10.9 Å². The summed E-state index contributed by atoms with van der Waals surface area (Å²) in [5.74, 6) is 1.90. The molecule has 2 aromatic rings. The predicted molar refractivity (Wildman–Crippen MR) is 142 cm³/mol. The summed E-state index contributed by atoms with van der Waals surface area (Å²) in [7, 11) is 0. The highest BCUT2D eigenvalue weighted by Crippen LogP contribution is 2.26. The molecule has 0 bridgehead atoms. The number of likely N-dealkylation sites (N-methyl/N-ethyl adjacent to an activating group) is 1. The number of rotatable bonds is 6. The van der Waals surface area contributed by atoms with Crippen molar-refractivity contribution in [2.45, 2.75) is 39.5 Å². The Morgan fingerprint density at radius 1 is 1.00 bits per heavy atom. The Bertz CT molecular complexity index is 978. The molecular weight excluding hydrogens is 426 g/mol. The van der Waals surface area contributed by atoms with Gasteiger partial charge in [-0.1, -0.05) is 25.2 Å². The molecule has 0 aliphatic carbocycles. The Labute approximate surface area is 204 Å². The number of hydrogen-bond acceptors (Lipinski definition) is 5. The van der Waals surface area contributed by atoms with Crippen LogP contribution in [0.3, 0.4) is 0 Å². The molecule has 1 unspecified atom stereocenters. The monoisotopic (exact) mass is 465 g/mol. The van der Waals surface area contributed by atoms with E-state index in [0.29, 0.717) is 0 Å². The fourth-order valence-corrected chi connectivity index (χ4v) is 6.15. The Morgan fingerprint density at radius 2 is 1.79 bits per heavy atom. The lowest BCUT2D eigenvalue weighted by atomic mass is 10.0. The van der Waals surface area contributed by atoms with Gasteiger partial charge in [-0.25, -0.2) is 4.98 Å². The molecule has 0 N–H and O–H groups in total. The molecule has 178 valence electrons. The number of nitrogens with zero attached hydrogens (tertiary/aromatic N) is 5. The lowest BCUT2D eigenvalue weighted by Crippen LogP contribution is -2.46. The van der Waals surface area contributed by atoms with Crippen molar-refractivity contribution in [3.8, 4) is 0 Å². The molecule has 0 radical (unpaired) electrons. The van der Waals surface area contributed by atoms with E-state index in [1.807, 2.05) is 0 Å². The normalized spacial score (nSPS) is 22.5. The molecule has 4 heterocycles. The molecular formula is C27H39N5S. The number of fused-ring (bicyclic) bond motifs is 1. The van der Waals surface area contributed by atoms with Gasteiger partial charge >= 0.3 is 0 Å². The van der Waals surface area contributed by atoms with Crippen LogP contribution in [0.15, 0.2) is 24.3 Å². The molecule has 1 aromatic carbocycles. The Kier molecular flexibility index (Phi) is 7.14. The van der Waals surface area contributed by atoms with Crippen LogP contribution in [0.1, 0.15) is 37.3 Å². The summed E-state index contributed by atoms with van der Waals surface area (Å²) in [6.45, 7) is 16.1. The molecule has 5 rings (SSSR count). The summed E-state index contributed by atoms with van der Waals surface area (Å²) in [6.07, 6.45) is 4.90. The topological polar surface area (TPSA) is 25.9 Å². The third-order valence-corrected chi connectivity index (χ3v) is 8.32. The molecule has 5 nitrogen and oxygen atoms in total. The van der Waals surface area contributed by atoms with Crippen LogP contribution in [0.4, 0.5) is 5.82 Å². The maximum absolute atomic E-state index is 5.90. The Hall–Kier alpha value is -1.76. The van der Waals surface area contributed by atoms with E-state index in [1.54, 1.807) is 0 Å². The Balaban J connectivity index is 1.22. The third-order valence-electron chi connectivity index (χ3n) is 7.92. The van der Waals surface area contributed by atoms with Crippen LogP contribution in [-0.4, -0.2) is 90.1 Å². The highest BCUT2D eigenvalue weighted by atomic mass is 32.1. The fourth-order valence-electron chi connectivity index (χ4n) is 5.81. The van der Waals surface area contributed by atoms with Crippen molar-refractivity contribution in [1.29, 1.82) is 0 Å². The van der Waals surface area contributed by atoms with Crippen LogP contribution >= 0.6 is 12.2 Å². The number of piperazine rings is 1.